The van der Waals surface area contributed by atoms with Crippen LogP contribution in [0.2, 0.25) is 0 Å². The molecule has 0 aliphatic heterocycles. The summed E-state index contributed by atoms with van der Waals surface area (Å²) in [6.07, 6.45) is 2.06. The minimum Gasteiger partial charge on any atom is -0.296 e. The highest BCUT2D eigenvalue weighted by atomic mass is 16.1. The van der Waals surface area contributed by atoms with E-state index >= 15 is 0 Å². The van der Waals surface area contributed by atoms with Crippen molar-refractivity contribution >= 4 is 12.1 Å². The molecule has 0 radical (unpaired) electrons. The number of rotatable bonds is 2. The van der Waals surface area contributed by atoms with Gasteiger partial charge in [0.2, 0.25) is 0 Å². The molecule has 56 valence electrons. The van der Waals surface area contributed by atoms with Gasteiger partial charge in [-0.15, -0.1) is 0 Å². The van der Waals surface area contributed by atoms with E-state index in [4.69, 9.17) is 0 Å². The van der Waals surface area contributed by atoms with Gasteiger partial charge in [0, 0.05) is 11.8 Å². The molecule has 3 heteroatoms. The van der Waals surface area contributed by atoms with E-state index in [1.165, 1.54) is 19.2 Å². The molecule has 0 atom stereocenters. The van der Waals surface area contributed by atoms with E-state index in [2.05, 4.69) is 4.98 Å². The maximum Gasteiger partial charge on any atom is 0.168 e. The number of aldehydes is 1. The van der Waals surface area contributed by atoms with Gasteiger partial charge >= 0.3 is 0 Å². The van der Waals surface area contributed by atoms with Gasteiger partial charge in [-0.2, -0.15) is 0 Å². The van der Waals surface area contributed by atoms with Crippen LogP contribution in [0.15, 0.2) is 18.3 Å². The van der Waals surface area contributed by atoms with Crippen LogP contribution in [0.5, 0.6) is 0 Å². The first-order valence-corrected chi connectivity index (χ1v) is 3.16. The second kappa shape index (κ2) is 3.05. The summed E-state index contributed by atoms with van der Waals surface area (Å²) in [7, 11) is 0. The zero-order valence-electron chi connectivity index (χ0n) is 6.07. The maximum atomic E-state index is 10.8. The minimum atomic E-state index is -0.0597. The third-order valence-electron chi connectivity index (χ3n) is 1.31. The topological polar surface area (TPSA) is 47.0 Å². The predicted molar refractivity (Wildman–Crippen MR) is 39.6 cm³/mol. The molecule has 0 aromatic carbocycles. The molecule has 0 bridgehead atoms. The lowest BCUT2D eigenvalue weighted by Gasteiger charge is -1.93. The van der Waals surface area contributed by atoms with Crippen molar-refractivity contribution in [1.29, 1.82) is 0 Å². The van der Waals surface area contributed by atoms with E-state index in [9.17, 15) is 9.59 Å². The molecular weight excluding hydrogens is 142 g/mol. The Morgan fingerprint density at radius 1 is 1.64 bits per heavy atom. The van der Waals surface area contributed by atoms with Crippen molar-refractivity contribution in [1.82, 2.24) is 4.98 Å². The van der Waals surface area contributed by atoms with Crippen LogP contribution in [0.4, 0.5) is 0 Å². The third kappa shape index (κ3) is 1.70. The first-order valence-electron chi connectivity index (χ1n) is 3.16. The summed E-state index contributed by atoms with van der Waals surface area (Å²) < 4.78 is 0. The van der Waals surface area contributed by atoms with Gasteiger partial charge in [-0.3, -0.25) is 14.6 Å². The number of ketones is 1. The fourth-order valence-electron chi connectivity index (χ4n) is 0.732. The van der Waals surface area contributed by atoms with Crippen molar-refractivity contribution in [2.24, 2.45) is 0 Å². The molecule has 1 aromatic rings. The molecule has 0 saturated carbocycles. The summed E-state index contributed by atoms with van der Waals surface area (Å²) in [5, 5.41) is 0. The molecule has 0 unspecified atom stereocenters. The second-order valence-corrected chi connectivity index (χ2v) is 2.14. The Hall–Kier alpha value is -1.51. The van der Waals surface area contributed by atoms with Crippen LogP contribution in [0.3, 0.4) is 0 Å². The lowest BCUT2D eigenvalue weighted by atomic mass is 10.2. The molecule has 0 aliphatic rings. The number of Topliss-reactive ketones (excluding diaryl/α,β-unsaturated/α-hetero) is 1. The normalized spacial score (nSPS) is 9.18. The lowest BCUT2D eigenvalue weighted by molar-refractivity contribution is 0.101. The highest BCUT2D eigenvalue weighted by Crippen LogP contribution is 1.99. The Labute approximate surface area is 64.1 Å². The lowest BCUT2D eigenvalue weighted by Crippen LogP contribution is -1.94. The summed E-state index contributed by atoms with van der Waals surface area (Å²) in [5.74, 6) is -0.0597. The number of carbonyl (C=O) groups is 2. The summed E-state index contributed by atoms with van der Waals surface area (Å²) in [5.41, 5.74) is 0.805. The van der Waals surface area contributed by atoms with Gasteiger partial charge in [0.15, 0.2) is 12.1 Å². The SMILES string of the molecule is CC(=O)c1ccnc(C=O)c1. The van der Waals surface area contributed by atoms with Crippen molar-refractivity contribution in [2.45, 2.75) is 6.92 Å². The Bertz CT molecular complexity index is 294. The van der Waals surface area contributed by atoms with Crippen molar-refractivity contribution in [3.05, 3.63) is 29.6 Å². The van der Waals surface area contributed by atoms with E-state index in [-0.39, 0.29) is 11.5 Å². The highest BCUT2D eigenvalue weighted by Gasteiger charge is 1.99. The Morgan fingerprint density at radius 2 is 2.36 bits per heavy atom. The van der Waals surface area contributed by atoms with Gasteiger partial charge < -0.3 is 0 Å². The van der Waals surface area contributed by atoms with Crippen LogP contribution >= 0.6 is 0 Å². The van der Waals surface area contributed by atoms with Gasteiger partial charge in [0.25, 0.3) is 0 Å². The van der Waals surface area contributed by atoms with Crippen molar-refractivity contribution in [3.63, 3.8) is 0 Å². The molecule has 1 rings (SSSR count). The quantitative estimate of drug-likeness (QED) is 0.467. The molecule has 0 aliphatic carbocycles. The van der Waals surface area contributed by atoms with Crippen LogP contribution in [-0.2, 0) is 0 Å². The molecule has 0 amide bonds. The molecular formula is C8H7NO2. The summed E-state index contributed by atoms with van der Waals surface area (Å²) in [6, 6.07) is 3.05. The average Bonchev–Trinajstić information content (AvgIpc) is 2.05. The summed E-state index contributed by atoms with van der Waals surface area (Å²) >= 11 is 0. The standard InChI is InChI=1S/C8H7NO2/c1-6(11)7-2-3-9-8(4-7)5-10/h2-5H,1H3. The average molecular weight is 149 g/mol. The number of pyridine rings is 1. The second-order valence-electron chi connectivity index (χ2n) is 2.14. The number of nitrogens with zero attached hydrogens (tertiary/aromatic N) is 1. The monoisotopic (exact) mass is 149 g/mol. The molecule has 0 N–H and O–H groups in total. The first kappa shape index (κ1) is 7.60. The van der Waals surface area contributed by atoms with Crippen LogP contribution < -0.4 is 0 Å². The molecule has 0 fully saturated rings. The van der Waals surface area contributed by atoms with Crippen molar-refractivity contribution in [3.8, 4) is 0 Å². The fourth-order valence-corrected chi connectivity index (χ4v) is 0.732. The number of carbonyl (C=O) groups excluding carboxylic acids is 2. The van der Waals surface area contributed by atoms with E-state index < -0.39 is 0 Å². The fraction of sp³-hybridized carbons (Fsp3) is 0.125. The van der Waals surface area contributed by atoms with Gasteiger partial charge in [0.05, 0.1) is 0 Å². The van der Waals surface area contributed by atoms with Gasteiger partial charge in [-0.25, -0.2) is 0 Å². The highest BCUT2D eigenvalue weighted by molar-refractivity contribution is 5.95. The van der Waals surface area contributed by atoms with Crippen LogP contribution in [0.1, 0.15) is 27.8 Å². The smallest absolute Gasteiger partial charge is 0.168 e. The predicted octanol–water partition coefficient (Wildman–Crippen LogP) is 1.10. The van der Waals surface area contributed by atoms with Gasteiger partial charge in [0.1, 0.15) is 5.69 Å². The van der Waals surface area contributed by atoms with E-state index in [0.29, 0.717) is 11.8 Å². The zero-order valence-corrected chi connectivity index (χ0v) is 6.07. The van der Waals surface area contributed by atoms with E-state index in [1.807, 2.05) is 0 Å². The number of aromatic nitrogens is 1. The largest absolute Gasteiger partial charge is 0.296 e. The summed E-state index contributed by atoms with van der Waals surface area (Å²) in [6.45, 7) is 1.45. The number of hydrogen-bond donors (Lipinski definition) is 0. The Morgan fingerprint density at radius 3 is 2.91 bits per heavy atom. The molecule has 1 heterocycles. The first-order chi connectivity index (χ1) is 5.24. The summed E-state index contributed by atoms with van der Waals surface area (Å²) in [4.78, 5) is 24.7. The molecule has 11 heavy (non-hydrogen) atoms. The van der Waals surface area contributed by atoms with E-state index in [1.54, 1.807) is 6.07 Å². The third-order valence-corrected chi connectivity index (χ3v) is 1.31. The van der Waals surface area contributed by atoms with Crippen LogP contribution in [-0.4, -0.2) is 17.1 Å². The Balaban J connectivity index is 3.10. The van der Waals surface area contributed by atoms with Crippen molar-refractivity contribution in [2.75, 3.05) is 0 Å². The van der Waals surface area contributed by atoms with Crippen LogP contribution in [0, 0.1) is 0 Å². The van der Waals surface area contributed by atoms with Crippen molar-refractivity contribution < 1.29 is 9.59 Å². The Kier molecular flexibility index (Phi) is 2.11. The van der Waals surface area contributed by atoms with Crippen LogP contribution in [0.25, 0.3) is 0 Å². The van der Waals surface area contributed by atoms with E-state index in [0.717, 1.165) is 0 Å². The molecule has 0 spiro atoms. The maximum absolute atomic E-state index is 10.8. The zero-order chi connectivity index (χ0) is 8.27. The molecule has 1 aromatic heterocycles. The number of hydrogen-bond acceptors (Lipinski definition) is 3. The molecule has 0 saturated heterocycles. The minimum absolute atomic E-state index is 0.0597. The van der Waals surface area contributed by atoms with Gasteiger partial charge in [-0.1, -0.05) is 0 Å². The molecule has 3 nitrogen and oxygen atoms in total. The van der Waals surface area contributed by atoms with Gasteiger partial charge in [-0.05, 0) is 19.1 Å².